The van der Waals surface area contributed by atoms with E-state index < -0.39 is 5.60 Å². The molecule has 2 saturated heterocycles. The molecule has 2 fully saturated rings. The topological polar surface area (TPSA) is 123 Å². The van der Waals surface area contributed by atoms with Crippen LogP contribution in [-0.2, 0) is 16.6 Å². The molecule has 0 radical (unpaired) electrons. The maximum absolute atomic E-state index is 12.8. The number of nitrogens with zero attached hydrogens (tertiary/aromatic N) is 9. The number of aliphatic imine (C=N–C) groups is 1. The van der Waals surface area contributed by atoms with Crippen molar-refractivity contribution in [2.24, 2.45) is 4.99 Å². The Morgan fingerprint density at radius 2 is 1.94 bits per heavy atom. The highest BCUT2D eigenvalue weighted by molar-refractivity contribution is 7.16. The van der Waals surface area contributed by atoms with Crippen LogP contribution in [0.2, 0.25) is 0 Å². The van der Waals surface area contributed by atoms with Gasteiger partial charge < -0.3 is 24.2 Å². The van der Waals surface area contributed by atoms with E-state index in [0.29, 0.717) is 37.4 Å². The Balaban J connectivity index is 1.33. The van der Waals surface area contributed by atoms with Crippen LogP contribution < -0.4 is 9.64 Å². The summed E-state index contributed by atoms with van der Waals surface area (Å²) in [5.74, 6) is 0.718. The molecule has 0 bridgehead atoms. The first-order valence-corrected chi connectivity index (χ1v) is 19.2. The number of thiophene rings is 1. The number of hydrogen-bond acceptors (Lipinski definition) is 12. The van der Waals surface area contributed by atoms with Crippen LogP contribution in [0, 0.1) is 11.3 Å². The van der Waals surface area contributed by atoms with E-state index in [0.717, 1.165) is 65.6 Å². The largest absolute Gasteiger partial charge is 0.454 e. The number of ether oxygens (including phenoxy) is 2. The first-order valence-electron chi connectivity index (χ1n) is 17.7. The SMILES string of the molecule is C=C[C@H](Oc1nc(-c2cc([C@@]3(C)CCCc4sc(/N=C/N(C)C)c(C#N)c43)sn2)cc(N2CCN(C(=O)OC(C)(C)C)CC2)n1)[C@@H]1CCCN1C. The van der Waals surface area contributed by atoms with Crippen LogP contribution in [0.25, 0.3) is 11.4 Å². The van der Waals surface area contributed by atoms with Gasteiger partial charge in [0.2, 0.25) is 0 Å². The smallest absolute Gasteiger partial charge is 0.410 e. The molecule has 2 aliphatic heterocycles. The Kier molecular flexibility index (Phi) is 10.7. The van der Waals surface area contributed by atoms with Crippen LogP contribution in [-0.4, -0.2) is 113 Å². The van der Waals surface area contributed by atoms with Crippen molar-refractivity contribution in [3.63, 3.8) is 0 Å². The summed E-state index contributed by atoms with van der Waals surface area (Å²) in [5, 5.41) is 11.1. The molecule has 51 heavy (non-hydrogen) atoms. The first kappa shape index (κ1) is 36.7. The molecule has 14 heteroatoms. The van der Waals surface area contributed by atoms with Crippen molar-refractivity contribution in [2.45, 2.75) is 83.0 Å². The van der Waals surface area contributed by atoms with Crippen LogP contribution >= 0.6 is 22.9 Å². The summed E-state index contributed by atoms with van der Waals surface area (Å²) >= 11 is 3.08. The molecule has 3 aromatic heterocycles. The standard InChI is InChI=1S/C37H49N9O3S2/c1-9-28(27-12-11-15-44(27)8)48-34-40-25(21-31(41-34)45-16-18-46(19-17-45)35(47)49-36(2,3)4)26-20-30(51-42-26)37(5)14-10-13-29-32(37)24(22-38)33(50-29)39-23-43(6)7/h9,20-21,23,27-28H,1,10-19H2,2-8H3/b39-23+/t27-,28-,37+/m0/s1. The fraction of sp³-hybridized carbons (Fsp3) is 0.568. The van der Waals surface area contributed by atoms with Crippen molar-refractivity contribution >= 4 is 46.1 Å². The zero-order valence-electron chi connectivity index (χ0n) is 30.8. The number of nitriles is 1. The van der Waals surface area contributed by atoms with E-state index >= 15 is 0 Å². The van der Waals surface area contributed by atoms with Crippen molar-refractivity contribution in [2.75, 3.05) is 58.8 Å². The molecular weight excluding hydrogens is 683 g/mol. The number of carbonyl (C=O) groups excluding carboxylic acids is 1. The number of aromatic nitrogens is 3. The van der Waals surface area contributed by atoms with Crippen LogP contribution in [0.1, 0.15) is 74.3 Å². The molecule has 3 aliphatic rings. The second-order valence-electron chi connectivity index (χ2n) is 15.0. The van der Waals surface area contributed by atoms with Gasteiger partial charge >= 0.3 is 12.1 Å². The van der Waals surface area contributed by atoms with E-state index in [4.69, 9.17) is 23.8 Å². The molecule has 0 saturated carbocycles. The number of likely N-dealkylation sites (N-methyl/N-ethyl adjacent to an activating group) is 1. The van der Waals surface area contributed by atoms with Gasteiger partial charge in [-0.3, -0.25) is 4.90 Å². The Labute approximate surface area is 309 Å². The van der Waals surface area contributed by atoms with Gasteiger partial charge in [-0.25, -0.2) is 9.79 Å². The zero-order chi connectivity index (χ0) is 36.5. The molecular formula is C37H49N9O3S2. The molecule has 5 heterocycles. The van der Waals surface area contributed by atoms with Gasteiger partial charge in [0.05, 0.1) is 23.6 Å². The van der Waals surface area contributed by atoms with E-state index in [1.165, 1.54) is 16.4 Å². The molecule has 272 valence electrons. The number of aryl methyl sites for hydroxylation is 1. The molecule has 3 atom stereocenters. The highest BCUT2D eigenvalue weighted by Gasteiger charge is 2.41. The van der Waals surface area contributed by atoms with Crippen molar-refractivity contribution in [1.29, 1.82) is 5.26 Å². The average molecular weight is 732 g/mol. The number of amides is 1. The number of anilines is 1. The van der Waals surface area contributed by atoms with E-state index in [-0.39, 0.29) is 29.7 Å². The quantitative estimate of drug-likeness (QED) is 0.137. The minimum Gasteiger partial charge on any atom is -0.454 e. The summed E-state index contributed by atoms with van der Waals surface area (Å²) in [7, 11) is 5.96. The van der Waals surface area contributed by atoms with E-state index in [2.05, 4.69) is 47.5 Å². The summed E-state index contributed by atoms with van der Waals surface area (Å²) in [5.41, 5.74) is 2.19. The molecule has 3 aromatic rings. The number of piperazine rings is 1. The van der Waals surface area contributed by atoms with Crippen LogP contribution in [0.15, 0.2) is 29.8 Å². The summed E-state index contributed by atoms with van der Waals surface area (Å²) < 4.78 is 17.1. The van der Waals surface area contributed by atoms with E-state index in [1.807, 2.05) is 51.9 Å². The highest BCUT2D eigenvalue weighted by Crippen LogP contribution is 2.51. The first-order chi connectivity index (χ1) is 24.3. The number of likely N-dealkylation sites (tertiary alicyclic amines) is 1. The van der Waals surface area contributed by atoms with Gasteiger partial charge in [-0.1, -0.05) is 13.5 Å². The molecule has 0 N–H and O–H groups in total. The molecule has 0 unspecified atom stereocenters. The van der Waals surface area contributed by atoms with Crippen molar-refractivity contribution in [1.82, 2.24) is 29.0 Å². The lowest BCUT2D eigenvalue weighted by Gasteiger charge is -2.36. The molecule has 1 aliphatic carbocycles. The summed E-state index contributed by atoms with van der Waals surface area (Å²) in [4.78, 5) is 37.7. The number of carbonyl (C=O) groups is 1. The Morgan fingerprint density at radius 3 is 2.59 bits per heavy atom. The fourth-order valence-electron chi connectivity index (χ4n) is 7.18. The Morgan fingerprint density at radius 1 is 1.18 bits per heavy atom. The van der Waals surface area contributed by atoms with Crippen molar-refractivity contribution in [3.8, 4) is 23.5 Å². The summed E-state index contributed by atoms with van der Waals surface area (Å²) in [6.45, 7) is 15.2. The third kappa shape index (κ3) is 7.90. The van der Waals surface area contributed by atoms with Crippen molar-refractivity contribution in [3.05, 3.63) is 45.7 Å². The van der Waals surface area contributed by atoms with Gasteiger partial charge in [0, 0.05) is 61.5 Å². The molecule has 0 aromatic carbocycles. The predicted molar refractivity (Wildman–Crippen MR) is 204 cm³/mol. The number of rotatable bonds is 9. The fourth-order valence-corrected chi connectivity index (χ4v) is 9.35. The van der Waals surface area contributed by atoms with Gasteiger partial charge in [-0.05, 0) is 95.7 Å². The second kappa shape index (κ2) is 14.9. The third-order valence-corrected chi connectivity index (χ3v) is 12.0. The Hall–Kier alpha value is -4.06. The van der Waals surface area contributed by atoms with Crippen LogP contribution in [0.5, 0.6) is 6.01 Å². The maximum atomic E-state index is 12.8. The lowest BCUT2D eigenvalue weighted by molar-refractivity contribution is 0.0240. The van der Waals surface area contributed by atoms with E-state index in [9.17, 15) is 10.1 Å². The van der Waals surface area contributed by atoms with E-state index in [1.54, 1.807) is 22.6 Å². The summed E-state index contributed by atoms with van der Waals surface area (Å²) in [6, 6.07) is 7.04. The predicted octanol–water partition coefficient (Wildman–Crippen LogP) is 6.48. The second-order valence-corrected chi connectivity index (χ2v) is 16.9. The number of hydrogen-bond donors (Lipinski definition) is 0. The Bertz CT molecular complexity index is 1820. The zero-order valence-corrected chi connectivity index (χ0v) is 32.4. The average Bonchev–Trinajstić information content (AvgIpc) is 3.85. The van der Waals surface area contributed by atoms with Crippen molar-refractivity contribution < 1.29 is 14.3 Å². The third-order valence-electron chi connectivity index (χ3n) is 9.81. The lowest BCUT2D eigenvalue weighted by atomic mass is 9.71. The van der Waals surface area contributed by atoms with Gasteiger partial charge in [0.25, 0.3) is 0 Å². The van der Waals surface area contributed by atoms with Crippen LogP contribution in [0.3, 0.4) is 0 Å². The summed E-state index contributed by atoms with van der Waals surface area (Å²) in [6.07, 6.45) is 7.99. The van der Waals surface area contributed by atoms with Gasteiger partial charge in [-0.15, -0.1) is 11.3 Å². The van der Waals surface area contributed by atoms with Gasteiger partial charge in [-0.2, -0.15) is 19.6 Å². The van der Waals surface area contributed by atoms with Crippen LogP contribution in [0.4, 0.5) is 15.6 Å². The molecule has 6 rings (SSSR count). The van der Waals surface area contributed by atoms with Gasteiger partial charge in [0.15, 0.2) is 0 Å². The molecule has 1 amide bonds. The normalized spacial score (nSPS) is 21.7. The lowest BCUT2D eigenvalue weighted by Crippen LogP contribution is -2.50. The maximum Gasteiger partial charge on any atom is 0.410 e. The number of fused-ring (bicyclic) bond motifs is 1. The highest BCUT2D eigenvalue weighted by atomic mass is 32.1. The molecule has 12 nitrogen and oxygen atoms in total. The van der Waals surface area contributed by atoms with Gasteiger partial charge in [0.1, 0.15) is 34.3 Å². The minimum absolute atomic E-state index is 0.189. The minimum atomic E-state index is -0.554. The molecule has 0 spiro atoms. The monoisotopic (exact) mass is 731 g/mol.